The molecule has 1 N–H and O–H groups in total. The Morgan fingerprint density at radius 3 is 2.63 bits per heavy atom. The first kappa shape index (κ1) is 17.2. The number of hydrogen-bond acceptors (Lipinski definition) is 4. The van der Waals surface area contributed by atoms with Crippen molar-refractivity contribution in [3.05, 3.63) is 77.7 Å². The standard InChI is InChI=1S/C22H22N4O/c1-15(2)16-7-9-18(10-8-16)25-21-13-19(23-14-24-21)22(27)26-12-11-17-5-3-4-6-20(17)26/h3-10,13-15H,11-12H2,1-2H3,(H,23,24,25). The summed E-state index contributed by atoms with van der Waals surface area (Å²) in [4.78, 5) is 23.2. The van der Waals surface area contributed by atoms with Crippen molar-refractivity contribution in [1.82, 2.24) is 9.97 Å². The van der Waals surface area contributed by atoms with Gasteiger partial charge in [0.2, 0.25) is 0 Å². The van der Waals surface area contributed by atoms with Crippen molar-refractivity contribution in [2.75, 3.05) is 16.8 Å². The van der Waals surface area contributed by atoms with Crippen molar-refractivity contribution in [3.8, 4) is 0 Å². The molecule has 0 fully saturated rings. The molecule has 136 valence electrons. The molecule has 2 aromatic carbocycles. The molecule has 5 heteroatoms. The molecule has 1 amide bonds. The van der Waals surface area contributed by atoms with Gasteiger partial charge in [-0.25, -0.2) is 9.97 Å². The number of carbonyl (C=O) groups is 1. The second kappa shape index (κ2) is 7.19. The molecule has 1 aliphatic rings. The lowest BCUT2D eigenvalue weighted by molar-refractivity contribution is 0.0984. The zero-order valence-corrected chi connectivity index (χ0v) is 15.5. The maximum atomic E-state index is 12.9. The van der Waals surface area contributed by atoms with Crippen LogP contribution in [-0.4, -0.2) is 22.4 Å². The summed E-state index contributed by atoms with van der Waals surface area (Å²) in [7, 11) is 0. The predicted molar refractivity (Wildman–Crippen MR) is 108 cm³/mol. The van der Waals surface area contributed by atoms with E-state index in [1.807, 2.05) is 30.3 Å². The highest BCUT2D eigenvalue weighted by atomic mass is 16.2. The van der Waals surface area contributed by atoms with Gasteiger partial charge >= 0.3 is 0 Å². The first-order valence-electron chi connectivity index (χ1n) is 9.20. The highest BCUT2D eigenvalue weighted by molar-refractivity contribution is 6.06. The SMILES string of the molecule is CC(C)c1ccc(Nc2cc(C(=O)N3CCc4ccccc43)ncn2)cc1. The van der Waals surface area contributed by atoms with E-state index in [1.165, 1.54) is 17.5 Å². The first-order valence-corrected chi connectivity index (χ1v) is 9.20. The summed E-state index contributed by atoms with van der Waals surface area (Å²) in [6.45, 7) is 5.02. The molecule has 4 rings (SSSR count). The fraction of sp³-hybridized carbons (Fsp3) is 0.227. The molecule has 0 radical (unpaired) electrons. The number of nitrogens with zero attached hydrogens (tertiary/aromatic N) is 3. The van der Waals surface area contributed by atoms with E-state index in [4.69, 9.17) is 0 Å². The Morgan fingerprint density at radius 2 is 1.85 bits per heavy atom. The van der Waals surface area contributed by atoms with E-state index in [9.17, 15) is 4.79 Å². The largest absolute Gasteiger partial charge is 0.340 e. The van der Waals surface area contributed by atoms with E-state index in [0.717, 1.165) is 17.8 Å². The number of rotatable bonds is 4. The number of anilines is 3. The third kappa shape index (κ3) is 3.53. The quantitative estimate of drug-likeness (QED) is 0.743. The van der Waals surface area contributed by atoms with E-state index < -0.39 is 0 Å². The Labute approximate surface area is 159 Å². The molecule has 0 saturated carbocycles. The predicted octanol–water partition coefficient (Wildman–Crippen LogP) is 4.55. The fourth-order valence-corrected chi connectivity index (χ4v) is 3.33. The summed E-state index contributed by atoms with van der Waals surface area (Å²) < 4.78 is 0. The number of nitrogens with one attached hydrogen (secondary N) is 1. The molecular weight excluding hydrogens is 336 g/mol. The second-order valence-electron chi connectivity index (χ2n) is 7.03. The lowest BCUT2D eigenvalue weighted by atomic mass is 10.0. The van der Waals surface area contributed by atoms with Crippen LogP contribution in [0.5, 0.6) is 0 Å². The van der Waals surface area contributed by atoms with Crippen LogP contribution in [0.1, 0.15) is 41.4 Å². The lowest BCUT2D eigenvalue weighted by Crippen LogP contribution is -2.29. The van der Waals surface area contributed by atoms with Gasteiger partial charge in [0, 0.05) is 24.0 Å². The summed E-state index contributed by atoms with van der Waals surface area (Å²) in [6, 6.07) is 18.0. The Kier molecular flexibility index (Phi) is 4.59. The number of carbonyl (C=O) groups excluding carboxylic acids is 1. The molecule has 1 aromatic heterocycles. The molecule has 1 aliphatic heterocycles. The molecule has 0 spiro atoms. The molecule has 0 atom stereocenters. The van der Waals surface area contributed by atoms with Gasteiger partial charge in [-0.05, 0) is 41.7 Å². The van der Waals surface area contributed by atoms with Gasteiger partial charge in [-0.2, -0.15) is 0 Å². The minimum atomic E-state index is -0.0967. The Hall–Kier alpha value is -3.21. The van der Waals surface area contributed by atoms with Crippen molar-refractivity contribution in [3.63, 3.8) is 0 Å². The highest BCUT2D eigenvalue weighted by Crippen LogP contribution is 2.29. The molecule has 27 heavy (non-hydrogen) atoms. The zero-order chi connectivity index (χ0) is 18.8. The average molecular weight is 358 g/mol. The van der Waals surface area contributed by atoms with E-state index in [0.29, 0.717) is 24.0 Å². The van der Waals surface area contributed by atoms with Crippen LogP contribution in [0.2, 0.25) is 0 Å². The number of benzene rings is 2. The number of hydrogen-bond donors (Lipinski definition) is 1. The minimum Gasteiger partial charge on any atom is -0.340 e. The smallest absolute Gasteiger partial charge is 0.277 e. The van der Waals surface area contributed by atoms with Gasteiger partial charge in [0.1, 0.15) is 17.8 Å². The van der Waals surface area contributed by atoms with E-state index >= 15 is 0 Å². The topological polar surface area (TPSA) is 58.1 Å². The molecule has 0 bridgehead atoms. The van der Waals surface area contributed by atoms with Gasteiger partial charge in [-0.3, -0.25) is 4.79 Å². The number of amides is 1. The number of para-hydroxylation sites is 1. The second-order valence-corrected chi connectivity index (χ2v) is 7.03. The first-order chi connectivity index (χ1) is 13.1. The van der Waals surface area contributed by atoms with Gasteiger partial charge < -0.3 is 10.2 Å². The van der Waals surface area contributed by atoms with E-state index in [-0.39, 0.29) is 5.91 Å². The Morgan fingerprint density at radius 1 is 1.07 bits per heavy atom. The monoisotopic (exact) mass is 358 g/mol. The van der Waals surface area contributed by atoms with Gasteiger partial charge in [0.15, 0.2) is 0 Å². The Balaban J connectivity index is 1.53. The molecule has 2 heterocycles. The zero-order valence-electron chi connectivity index (χ0n) is 15.5. The maximum Gasteiger partial charge on any atom is 0.277 e. The number of aromatic nitrogens is 2. The maximum absolute atomic E-state index is 12.9. The lowest BCUT2D eigenvalue weighted by Gasteiger charge is -2.17. The fourth-order valence-electron chi connectivity index (χ4n) is 3.33. The summed E-state index contributed by atoms with van der Waals surface area (Å²) in [5, 5.41) is 3.25. The van der Waals surface area contributed by atoms with Gasteiger partial charge in [0.25, 0.3) is 5.91 Å². The van der Waals surface area contributed by atoms with E-state index in [1.54, 1.807) is 11.0 Å². The van der Waals surface area contributed by atoms with Gasteiger partial charge in [-0.15, -0.1) is 0 Å². The van der Waals surface area contributed by atoms with Crippen molar-refractivity contribution in [2.24, 2.45) is 0 Å². The van der Waals surface area contributed by atoms with Gasteiger partial charge in [0.05, 0.1) is 0 Å². The van der Waals surface area contributed by atoms with Crippen LogP contribution in [0.15, 0.2) is 60.9 Å². The molecule has 3 aromatic rings. The molecular formula is C22H22N4O. The van der Waals surface area contributed by atoms with E-state index in [2.05, 4.69) is 47.3 Å². The highest BCUT2D eigenvalue weighted by Gasteiger charge is 2.26. The van der Waals surface area contributed by atoms with Crippen molar-refractivity contribution in [2.45, 2.75) is 26.2 Å². The summed E-state index contributed by atoms with van der Waals surface area (Å²) in [6.07, 6.45) is 2.31. The summed E-state index contributed by atoms with van der Waals surface area (Å²) in [5.74, 6) is 1.00. The van der Waals surface area contributed by atoms with Gasteiger partial charge in [-0.1, -0.05) is 44.2 Å². The normalized spacial score (nSPS) is 12.9. The van der Waals surface area contributed by atoms with Crippen LogP contribution >= 0.6 is 0 Å². The van der Waals surface area contributed by atoms with Crippen LogP contribution in [0, 0.1) is 0 Å². The van der Waals surface area contributed by atoms with Crippen LogP contribution in [0.4, 0.5) is 17.2 Å². The van der Waals surface area contributed by atoms with Crippen molar-refractivity contribution in [1.29, 1.82) is 0 Å². The van der Waals surface area contributed by atoms with Crippen molar-refractivity contribution >= 4 is 23.1 Å². The number of fused-ring (bicyclic) bond motifs is 1. The molecule has 0 saturated heterocycles. The third-order valence-electron chi connectivity index (χ3n) is 4.87. The third-order valence-corrected chi connectivity index (χ3v) is 4.87. The van der Waals surface area contributed by atoms with Crippen LogP contribution in [-0.2, 0) is 6.42 Å². The molecule has 0 unspecified atom stereocenters. The average Bonchev–Trinajstić information content (AvgIpc) is 3.12. The van der Waals surface area contributed by atoms with Crippen LogP contribution in [0.3, 0.4) is 0 Å². The van der Waals surface area contributed by atoms with Crippen LogP contribution < -0.4 is 10.2 Å². The van der Waals surface area contributed by atoms with Crippen LogP contribution in [0.25, 0.3) is 0 Å². The Bertz CT molecular complexity index is 966. The summed E-state index contributed by atoms with van der Waals surface area (Å²) >= 11 is 0. The van der Waals surface area contributed by atoms with Crippen molar-refractivity contribution < 1.29 is 4.79 Å². The minimum absolute atomic E-state index is 0.0967. The molecule has 0 aliphatic carbocycles. The summed E-state index contributed by atoms with van der Waals surface area (Å²) in [5.41, 5.74) is 4.78. The molecule has 5 nitrogen and oxygen atoms in total.